The SMILES string of the molecule is CCC(CO)NCc1cc(OC)c(OCc2ccc(Cl)cc2)cc1Br. The fourth-order valence-electron chi connectivity index (χ4n) is 2.32. The number of rotatable bonds is 9. The van der Waals surface area contributed by atoms with Crippen LogP contribution in [0.3, 0.4) is 0 Å². The summed E-state index contributed by atoms with van der Waals surface area (Å²) in [6, 6.07) is 11.5. The van der Waals surface area contributed by atoms with Crippen molar-refractivity contribution >= 4 is 27.5 Å². The van der Waals surface area contributed by atoms with Gasteiger partial charge in [-0.2, -0.15) is 0 Å². The topological polar surface area (TPSA) is 50.7 Å². The van der Waals surface area contributed by atoms with E-state index in [0.717, 1.165) is 22.0 Å². The summed E-state index contributed by atoms with van der Waals surface area (Å²) in [5, 5.41) is 13.3. The van der Waals surface area contributed by atoms with Gasteiger partial charge in [-0.3, -0.25) is 0 Å². The first-order chi connectivity index (χ1) is 12.1. The van der Waals surface area contributed by atoms with E-state index in [1.807, 2.05) is 43.3 Å². The highest BCUT2D eigenvalue weighted by atomic mass is 79.9. The standard InChI is InChI=1S/C19H23BrClNO3/c1-3-16(11-23)22-10-14-8-18(24-2)19(9-17(14)20)25-12-13-4-6-15(21)7-5-13/h4-9,16,22-23H,3,10-12H2,1-2H3. The zero-order chi connectivity index (χ0) is 18.2. The first kappa shape index (κ1) is 20.0. The van der Waals surface area contributed by atoms with Gasteiger partial charge in [0.05, 0.1) is 13.7 Å². The Bertz CT molecular complexity index is 675. The maximum absolute atomic E-state index is 9.29. The average Bonchev–Trinajstić information content (AvgIpc) is 2.63. The van der Waals surface area contributed by atoms with Crippen molar-refractivity contribution in [2.45, 2.75) is 32.5 Å². The average molecular weight is 429 g/mol. The van der Waals surface area contributed by atoms with Gasteiger partial charge in [0.25, 0.3) is 0 Å². The molecule has 25 heavy (non-hydrogen) atoms. The molecule has 136 valence electrons. The molecule has 0 aromatic heterocycles. The minimum absolute atomic E-state index is 0.0822. The van der Waals surface area contributed by atoms with Crippen LogP contribution >= 0.6 is 27.5 Å². The Labute approximate surface area is 162 Å². The summed E-state index contributed by atoms with van der Waals surface area (Å²) in [5.41, 5.74) is 2.07. The number of aliphatic hydroxyl groups excluding tert-OH is 1. The normalized spacial score (nSPS) is 12.0. The van der Waals surface area contributed by atoms with Crippen molar-refractivity contribution in [3.05, 3.63) is 57.0 Å². The van der Waals surface area contributed by atoms with E-state index in [9.17, 15) is 5.11 Å². The molecule has 0 saturated carbocycles. The first-order valence-corrected chi connectivity index (χ1v) is 9.32. The van der Waals surface area contributed by atoms with Gasteiger partial charge in [-0.15, -0.1) is 0 Å². The molecule has 0 spiro atoms. The van der Waals surface area contributed by atoms with E-state index in [1.165, 1.54) is 0 Å². The van der Waals surface area contributed by atoms with Gasteiger partial charge in [-0.05, 0) is 41.8 Å². The maximum atomic E-state index is 9.29. The van der Waals surface area contributed by atoms with E-state index in [2.05, 4.69) is 21.2 Å². The van der Waals surface area contributed by atoms with Crippen LogP contribution in [0.15, 0.2) is 40.9 Å². The lowest BCUT2D eigenvalue weighted by molar-refractivity contribution is 0.238. The molecule has 6 heteroatoms. The second kappa shape index (κ2) is 10.0. The molecular weight excluding hydrogens is 406 g/mol. The second-order valence-electron chi connectivity index (χ2n) is 5.68. The van der Waals surface area contributed by atoms with Crippen molar-refractivity contribution in [2.75, 3.05) is 13.7 Å². The van der Waals surface area contributed by atoms with E-state index in [1.54, 1.807) is 7.11 Å². The molecule has 0 aliphatic carbocycles. The Hall–Kier alpha value is -1.27. The Morgan fingerprint density at radius 3 is 2.52 bits per heavy atom. The van der Waals surface area contributed by atoms with Gasteiger partial charge in [0, 0.05) is 22.1 Å². The van der Waals surface area contributed by atoms with E-state index in [0.29, 0.717) is 29.7 Å². The van der Waals surface area contributed by atoms with Crippen molar-refractivity contribution in [3.8, 4) is 11.5 Å². The maximum Gasteiger partial charge on any atom is 0.162 e. The third kappa shape index (κ3) is 5.89. The predicted molar refractivity (Wildman–Crippen MR) is 104 cm³/mol. The fourth-order valence-corrected chi connectivity index (χ4v) is 2.91. The van der Waals surface area contributed by atoms with Crippen LogP contribution < -0.4 is 14.8 Å². The van der Waals surface area contributed by atoms with Crippen LogP contribution in [-0.2, 0) is 13.2 Å². The predicted octanol–water partition coefficient (Wildman–Crippen LogP) is 4.55. The third-order valence-corrected chi connectivity index (χ3v) is 4.92. The molecule has 0 saturated heterocycles. The largest absolute Gasteiger partial charge is 0.493 e. The van der Waals surface area contributed by atoms with Crippen molar-refractivity contribution in [2.24, 2.45) is 0 Å². The molecule has 1 unspecified atom stereocenters. The van der Waals surface area contributed by atoms with Crippen LogP contribution in [0, 0.1) is 0 Å². The lowest BCUT2D eigenvalue weighted by Gasteiger charge is -2.17. The number of methoxy groups -OCH3 is 1. The summed E-state index contributed by atoms with van der Waals surface area (Å²) in [6.45, 7) is 3.22. The van der Waals surface area contributed by atoms with Crippen LogP contribution in [0.4, 0.5) is 0 Å². The van der Waals surface area contributed by atoms with Crippen molar-refractivity contribution in [3.63, 3.8) is 0 Å². The highest BCUT2D eigenvalue weighted by Gasteiger charge is 2.12. The van der Waals surface area contributed by atoms with Gasteiger partial charge < -0.3 is 19.9 Å². The van der Waals surface area contributed by atoms with Gasteiger partial charge in [0.2, 0.25) is 0 Å². The Morgan fingerprint density at radius 2 is 1.92 bits per heavy atom. The molecule has 0 aliphatic heterocycles. The molecule has 2 aromatic rings. The number of halogens is 2. The van der Waals surface area contributed by atoms with Gasteiger partial charge in [-0.25, -0.2) is 0 Å². The zero-order valence-corrected chi connectivity index (χ0v) is 16.7. The summed E-state index contributed by atoms with van der Waals surface area (Å²) in [5.74, 6) is 1.34. The number of nitrogens with one attached hydrogen (secondary N) is 1. The molecule has 0 amide bonds. The molecule has 0 bridgehead atoms. The van der Waals surface area contributed by atoms with Gasteiger partial charge >= 0.3 is 0 Å². The van der Waals surface area contributed by atoms with E-state index in [4.69, 9.17) is 21.1 Å². The van der Waals surface area contributed by atoms with Crippen molar-refractivity contribution in [1.82, 2.24) is 5.32 Å². The van der Waals surface area contributed by atoms with E-state index in [-0.39, 0.29) is 12.6 Å². The summed E-state index contributed by atoms with van der Waals surface area (Å²) in [4.78, 5) is 0. The number of hydrogen-bond donors (Lipinski definition) is 2. The molecule has 1 atom stereocenters. The minimum Gasteiger partial charge on any atom is -0.493 e. The third-order valence-electron chi connectivity index (χ3n) is 3.93. The smallest absolute Gasteiger partial charge is 0.162 e. The number of hydrogen-bond acceptors (Lipinski definition) is 4. The van der Waals surface area contributed by atoms with Crippen molar-refractivity contribution < 1.29 is 14.6 Å². The van der Waals surface area contributed by atoms with E-state index < -0.39 is 0 Å². The summed E-state index contributed by atoms with van der Waals surface area (Å²) >= 11 is 9.48. The van der Waals surface area contributed by atoms with Crippen LogP contribution in [0.1, 0.15) is 24.5 Å². The summed E-state index contributed by atoms with van der Waals surface area (Å²) in [7, 11) is 1.62. The second-order valence-corrected chi connectivity index (χ2v) is 6.97. The van der Waals surface area contributed by atoms with Crippen molar-refractivity contribution in [1.29, 1.82) is 0 Å². The Balaban J connectivity index is 2.08. The van der Waals surface area contributed by atoms with Crippen LogP contribution in [0.25, 0.3) is 0 Å². The zero-order valence-electron chi connectivity index (χ0n) is 14.4. The van der Waals surface area contributed by atoms with Crippen LogP contribution in [0.5, 0.6) is 11.5 Å². The molecular formula is C19H23BrClNO3. The minimum atomic E-state index is 0.0822. The van der Waals surface area contributed by atoms with Crippen LogP contribution in [-0.4, -0.2) is 24.9 Å². The molecule has 0 fully saturated rings. The molecule has 2 aromatic carbocycles. The first-order valence-electron chi connectivity index (χ1n) is 8.15. The fraction of sp³-hybridized carbons (Fsp3) is 0.368. The van der Waals surface area contributed by atoms with Gasteiger partial charge in [-0.1, -0.05) is 46.6 Å². The van der Waals surface area contributed by atoms with E-state index >= 15 is 0 Å². The molecule has 0 radical (unpaired) electrons. The molecule has 0 heterocycles. The number of ether oxygens (including phenoxy) is 2. The lowest BCUT2D eigenvalue weighted by Crippen LogP contribution is -2.31. The highest BCUT2D eigenvalue weighted by molar-refractivity contribution is 9.10. The lowest BCUT2D eigenvalue weighted by atomic mass is 10.1. The Kier molecular flexibility index (Phi) is 8.03. The number of aliphatic hydroxyl groups is 1. The highest BCUT2D eigenvalue weighted by Crippen LogP contribution is 2.34. The molecule has 4 nitrogen and oxygen atoms in total. The molecule has 2 rings (SSSR count). The van der Waals surface area contributed by atoms with Gasteiger partial charge in [0.1, 0.15) is 6.61 Å². The molecule has 0 aliphatic rings. The van der Waals surface area contributed by atoms with Gasteiger partial charge in [0.15, 0.2) is 11.5 Å². The monoisotopic (exact) mass is 427 g/mol. The Morgan fingerprint density at radius 1 is 1.20 bits per heavy atom. The summed E-state index contributed by atoms with van der Waals surface area (Å²) in [6.07, 6.45) is 0.869. The quantitative estimate of drug-likeness (QED) is 0.615. The molecule has 2 N–H and O–H groups in total. The van der Waals surface area contributed by atoms with Crippen LogP contribution in [0.2, 0.25) is 5.02 Å². The summed E-state index contributed by atoms with van der Waals surface area (Å²) < 4.78 is 12.3. The number of benzene rings is 2.